The molecule has 0 fully saturated rings. The fourth-order valence-corrected chi connectivity index (χ4v) is 1.34. The highest BCUT2D eigenvalue weighted by molar-refractivity contribution is 6.05. The molecule has 1 radical (unpaired) electrons. The van der Waals surface area contributed by atoms with Crippen molar-refractivity contribution in [3.63, 3.8) is 0 Å². The molecule has 0 saturated carbocycles. The van der Waals surface area contributed by atoms with Crippen LogP contribution >= 0.6 is 0 Å². The molecule has 1 N–H and O–H groups in total. The second-order valence-corrected chi connectivity index (χ2v) is 3.87. The first-order valence-corrected chi connectivity index (χ1v) is 6.22. The molecule has 1 unspecified atom stereocenters. The maximum atomic E-state index is 11.7. The molecule has 0 aliphatic heterocycles. The smallest absolute Gasteiger partial charge is 0.253 e. The molecule has 107 valence electrons. The summed E-state index contributed by atoms with van der Waals surface area (Å²) in [6.07, 6.45) is 5.35. The van der Waals surface area contributed by atoms with Crippen LogP contribution in [0, 0.1) is 6.92 Å². The van der Waals surface area contributed by atoms with Gasteiger partial charge in [-0.15, -0.1) is 0 Å². The summed E-state index contributed by atoms with van der Waals surface area (Å²) in [5, 5.41) is 9.74. The second kappa shape index (κ2) is 10.5. The lowest BCUT2D eigenvalue weighted by Gasteiger charge is -2.21. The largest absolute Gasteiger partial charge is 0.389 e. The van der Waals surface area contributed by atoms with Gasteiger partial charge in [-0.3, -0.25) is 14.5 Å². The summed E-state index contributed by atoms with van der Waals surface area (Å²) in [5.74, 6) is -0.913. The van der Waals surface area contributed by atoms with E-state index in [0.29, 0.717) is 13.0 Å². The van der Waals surface area contributed by atoms with Crippen LogP contribution in [0.25, 0.3) is 0 Å². The van der Waals surface area contributed by atoms with Gasteiger partial charge >= 0.3 is 0 Å². The molecule has 0 bridgehead atoms. The molecule has 2 amide bonds. The van der Waals surface area contributed by atoms with Crippen molar-refractivity contribution < 1.29 is 19.4 Å². The molecule has 0 aromatic heterocycles. The van der Waals surface area contributed by atoms with E-state index in [4.69, 9.17) is 4.74 Å². The third-order valence-electron chi connectivity index (χ3n) is 2.14. The summed E-state index contributed by atoms with van der Waals surface area (Å²) in [6.45, 7) is 7.38. The number of hydrogen-bond donors (Lipinski definition) is 1. The van der Waals surface area contributed by atoms with Crippen LogP contribution in [0.4, 0.5) is 0 Å². The maximum Gasteiger partial charge on any atom is 0.253 e. The van der Waals surface area contributed by atoms with E-state index < -0.39 is 17.9 Å². The Morgan fingerprint density at radius 1 is 1.26 bits per heavy atom. The average molecular weight is 268 g/mol. The van der Waals surface area contributed by atoms with E-state index in [9.17, 15) is 14.7 Å². The molecule has 0 aliphatic carbocycles. The Kier molecular flexibility index (Phi) is 9.66. The van der Waals surface area contributed by atoms with Crippen molar-refractivity contribution in [1.29, 1.82) is 0 Å². The highest BCUT2D eigenvalue weighted by Crippen LogP contribution is 2.00. The first-order valence-electron chi connectivity index (χ1n) is 6.22. The fourth-order valence-electron chi connectivity index (χ4n) is 1.34. The minimum absolute atomic E-state index is 0.0677. The third-order valence-corrected chi connectivity index (χ3v) is 2.14. The molecule has 1 atom stereocenters. The highest BCUT2D eigenvalue weighted by Gasteiger charge is 2.20. The SMILES string of the molecule is [CH2]CCOCC(O)CN(C(=O)C=CC)C(=O)C=CC. The maximum absolute atomic E-state index is 11.7. The summed E-state index contributed by atoms with van der Waals surface area (Å²) in [5.41, 5.74) is 0. The van der Waals surface area contributed by atoms with Gasteiger partial charge in [-0.25, -0.2) is 0 Å². The molecule has 5 nitrogen and oxygen atoms in total. The second-order valence-electron chi connectivity index (χ2n) is 3.87. The zero-order chi connectivity index (χ0) is 14.7. The van der Waals surface area contributed by atoms with E-state index in [0.717, 1.165) is 4.90 Å². The van der Waals surface area contributed by atoms with Gasteiger partial charge < -0.3 is 9.84 Å². The monoisotopic (exact) mass is 268 g/mol. The molecular weight excluding hydrogens is 246 g/mol. The molecule has 0 aromatic carbocycles. The van der Waals surface area contributed by atoms with Gasteiger partial charge in [0.15, 0.2) is 0 Å². The first-order chi connectivity index (χ1) is 9.06. The number of imide groups is 1. The highest BCUT2D eigenvalue weighted by atomic mass is 16.5. The zero-order valence-electron chi connectivity index (χ0n) is 11.5. The van der Waals surface area contributed by atoms with Crippen LogP contribution in [0.15, 0.2) is 24.3 Å². The van der Waals surface area contributed by atoms with Crippen LogP contribution in [-0.4, -0.2) is 47.7 Å². The lowest BCUT2D eigenvalue weighted by atomic mass is 10.3. The Bertz CT molecular complexity index is 312. The van der Waals surface area contributed by atoms with Crippen LogP contribution < -0.4 is 0 Å². The number of hydrogen-bond acceptors (Lipinski definition) is 4. The van der Waals surface area contributed by atoms with Crippen LogP contribution in [0.1, 0.15) is 20.3 Å². The summed E-state index contributed by atoms with van der Waals surface area (Å²) < 4.78 is 5.13. The van der Waals surface area contributed by atoms with Gasteiger partial charge in [0.2, 0.25) is 0 Å². The number of rotatable bonds is 8. The Morgan fingerprint density at radius 3 is 2.21 bits per heavy atom. The van der Waals surface area contributed by atoms with E-state index in [-0.39, 0.29) is 13.2 Å². The number of carbonyl (C=O) groups excluding carboxylic acids is 2. The average Bonchev–Trinajstić information content (AvgIpc) is 2.36. The van der Waals surface area contributed by atoms with Crippen molar-refractivity contribution in [3.05, 3.63) is 31.2 Å². The topological polar surface area (TPSA) is 66.8 Å². The molecule has 19 heavy (non-hydrogen) atoms. The number of aliphatic hydroxyl groups is 1. The van der Waals surface area contributed by atoms with Gasteiger partial charge in [-0.1, -0.05) is 19.1 Å². The van der Waals surface area contributed by atoms with Crippen LogP contribution in [0.2, 0.25) is 0 Å². The molecule has 0 saturated heterocycles. The molecule has 0 spiro atoms. The molecule has 0 heterocycles. The Labute approximate surface area is 114 Å². The van der Waals surface area contributed by atoms with Crippen molar-refractivity contribution in [3.8, 4) is 0 Å². The summed E-state index contributed by atoms with van der Waals surface area (Å²) in [7, 11) is 0. The predicted molar refractivity (Wildman–Crippen MR) is 73.1 cm³/mol. The van der Waals surface area contributed by atoms with Crippen LogP contribution in [-0.2, 0) is 14.3 Å². The van der Waals surface area contributed by atoms with E-state index in [1.807, 2.05) is 0 Å². The van der Waals surface area contributed by atoms with Crippen molar-refractivity contribution in [2.45, 2.75) is 26.4 Å². The van der Waals surface area contributed by atoms with Gasteiger partial charge in [0.1, 0.15) is 0 Å². The van der Waals surface area contributed by atoms with Gasteiger partial charge in [-0.05, 0) is 32.4 Å². The van der Waals surface area contributed by atoms with Gasteiger partial charge in [0, 0.05) is 6.61 Å². The summed E-state index contributed by atoms with van der Waals surface area (Å²) in [4.78, 5) is 24.5. The Morgan fingerprint density at radius 2 is 1.79 bits per heavy atom. The minimum atomic E-state index is -0.907. The molecule has 0 rings (SSSR count). The third kappa shape index (κ3) is 7.54. The number of nitrogens with zero attached hydrogens (tertiary/aromatic N) is 1. The predicted octanol–water partition coefficient (Wildman–Crippen LogP) is 1.10. The Hall–Kier alpha value is -1.46. The number of carbonyl (C=O) groups is 2. The zero-order valence-corrected chi connectivity index (χ0v) is 11.5. The van der Waals surface area contributed by atoms with Crippen LogP contribution in [0.5, 0.6) is 0 Å². The van der Waals surface area contributed by atoms with Crippen molar-refractivity contribution in [2.24, 2.45) is 0 Å². The summed E-state index contributed by atoms with van der Waals surface area (Å²) >= 11 is 0. The van der Waals surface area contributed by atoms with Crippen molar-refractivity contribution >= 4 is 11.8 Å². The van der Waals surface area contributed by atoms with E-state index in [1.54, 1.807) is 26.0 Å². The lowest BCUT2D eigenvalue weighted by molar-refractivity contribution is -0.141. The summed E-state index contributed by atoms with van der Waals surface area (Å²) in [6, 6.07) is 0. The molecular formula is C14H22NO4. The van der Waals surface area contributed by atoms with Crippen molar-refractivity contribution in [2.75, 3.05) is 19.8 Å². The fraction of sp³-hybridized carbons (Fsp3) is 0.500. The number of aliphatic hydroxyl groups excluding tert-OH is 1. The van der Waals surface area contributed by atoms with E-state index >= 15 is 0 Å². The molecule has 0 aliphatic rings. The van der Waals surface area contributed by atoms with E-state index in [1.165, 1.54) is 12.2 Å². The normalized spacial score (nSPS) is 13.1. The molecule has 5 heteroatoms. The molecule has 0 aromatic rings. The quantitative estimate of drug-likeness (QED) is 0.528. The number of allylic oxidation sites excluding steroid dienone is 2. The minimum Gasteiger partial charge on any atom is -0.389 e. The van der Waals surface area contributed by atoms with Gasteiger partial charge in [0.05, 0.1) is 19.3 Å². The van der Waals surface area contributed by atoms with Gasteiger partial charge in [-0.2, -0.15) is 0 Å². The van der Waals surface area contributed by atoms with Crippen molar-refractivity contribution in [1.82, 2.24) is 4.90 Å². The van der Waals surface area contributed by atoms with Crippen LogP contribution in [0.3, 0.4) is 0 Å². The lowest BCUT2D eigenvalue weighted by Crippen LogP contribution is -2.41. The Balaban J connectivity index is 4.57. The first kappa shape index (κ1) is 17.5. The number of amides is 2. The van der Waals surface area contributed by atoms with E-state index in [2.05, 4.69) is 6.92 Å². The standard InChI is InChI=1S/C14H22NO4/c1-4-7-13(17)15(14(18)8-5-2)10-12(16)11-19-9-6-3/h4-5,7-8,12,16H,3,6,9-11H2,1-2H3. The number of ether oxygens (including phenoxy) is 1. The van der Waals surface area contributed by atoms with Gasteiger partial charge in [0.25, 0.3) is 11.8 Å².